The van der Waals surface area contributed by atoms with Crippen molar-refractivity contribution in [3.05, 3.63) is 53.1 Å². The topological polar surface area (TPSA) is 112 Å². The summed E-state index contributed by atoms with van der Waals surface area (Å²) in [7, 11) is 0. The van der Waals surface area contributed by atoms with Crippen LogP contribution in [0.25, 0.3) is 16.5 Å². The number of nitrogens with one attached hydrogen (secondary N) is 1. The van der Waals surface area contributed by atoms with Gasteiger partial charge in [0.1, 0.15) is 12.7 Å². The van der Waals surface area contributed by atoms with Gasteiger partial charge in [-0.15, -0.1) is 0 Å². The number of benzene rings is 1. The molecule has 27 heavy (non-hydrogen) atoms. The van der Waals surface area contributed by atoms with Gasteiger partial charge in [0, 0.05) is 35.1 Å². The van der Waals surface area contributed by atoms with E-state index < -0.39 is 5.97 Å². The summed E-state index contributed by atoms with van der Waals surface area (Å²) in [5.74, 6) is -0.352. The first-order valence-corrected chi connectivity index (χ1v) is 8.49. The Morgan fingerprint density at radius 2 is 2.07 bits per heavy atom. The first-order chi connectivity index (χ1) is 12.8. The molecular formula is C20H21N4O3+. The number of nitrogens with zero attached hydrogens (tertiary/aromatic N) is 2. The Bertz CT molecular complexity index is 1070. The summed E-state index contributed by atoms with van der Waals surface area (Å²) in [6.07, 6.45) is 6.94. The van der Waals surface area contributed by atoms with Crippen molar-refractivity contribution in [2.24, 2.45) is 4.99 Å². The number of carbonyl (C=O) groups excluding carboxylic acids is 1. The van der Waals surface area contributed by atoms with Crippen LogP contribution in [0.1, 0.15) is 35.3 Å². The second-order valence-electron chi connectivity index (χ2n) is 6.61. The third-order valence-corrected chi connectivity index (χ3v) is 4.33. The van der Waals surface area contributed by atoms with Crippen molar-refractivity contribution in [1.82, 2.24) is 4.57 Å². The van der Waals surface area contributed by atoms with E-state index in [2.05, 4.69) is 4.99 Å². The van der Waals surface area contributed by atoms with Crippen LogP contribution in [0.3, 0.4) is 0 Å². The largest absolute Gasteiger partial charge is 0.480 e. The number of carboxylic acids is 1. The number of aromatic nitrogens is 1. The van der Waals surface area contributed by atoms with Crippen molar-refractivity contribution >= 4 is 40.2 Å². The zero-order chi connectivity index (χ0) is 19.7. The third kappa shape index (κ3) is 3.78. The standard InChI is InChI=1S/C20H20N4O3/c1-11-4-14(15-7-22-18(23-8-15)5-12(2)21)6-16-17(13(3)25)9-24(20(11)16)10-19(26)27/h4-9,21-22H,10H2,1-3H3,(H,26,27)/p+1/b18-5+,21-12?. The molecule has 0 spiro atoms. The monoisotopic (exact) mass is 365 g/mol. The second-order valence-corrected chi connectivity index (χ2v) is 6.61. The fraction of sp³-hybridized carbons (Fsp3) is 0.200. The Hall–Kier alpha value is -3.32. The van der Waals surface area contributed by atoms with Gasteiger partial charge < -0.3 is 15.1 Å². The van der Waals surface area contributed by atoms with Crippen LogP contribution in [0.4, 0.5) is 0 Å². The number of nitrogens with two attached hydrogens (primary N) is 1. The van der Waals surface area contributed by atoms with Crippen LogP contribution in [0.5, 0.6) is 0 Å². The molecule has 4 N–H and O–H groups in total. The van der Waals surface area contributed by atoms with Crippen LogP contribution in [0.2, 0.25) is 0 Å². The number of fused-ring (bicyclic) bond motifs is 1. The molecule has 138 valence electrons. The fourth-order valence-electron chi connectivity index (χ4n) is 3.26. The first-order valence-electron chi connectivity index (χ1n) is 8.49. The Kier molecular flexibility index (Phi) is 4.87. The van der Waals surface area contributed by atoms with E-state index in [0.29, 0.717) is 17.1 Å². The normalized spacial score (nSPS) is 15.2. The molecule has 3 rings (SSSR count). The number of carboxylic acid groups (broad SMARTS) is 1. The van der Waals surface area contributed by atoms with E-state index in [0.717, 1.165) is 27.6 Å². The number of rotatable bonds is 5. The van der Waals surface area contributed by atoms with Crippen LogP contribution < -0.4 is 5.32 Å². The Morgan fingerprint density at radius 3 is 2.63 bits per heavy atom. The molecule has 0 saturated heterocycles. The Balaban J connectivity index is 2.10. The molecule has 2 aromatic rings. The van der Waals surface area contributed by atoms with E-state index in [1.807, 2.05) is 30.6 Å². The summed E-state index contributed by atoms with van der Waals surface area (Å²) in [5, 5.41) is 19.2. The number of quaternary nitrogens is 1. The van der Waals surface area contributed by atoms with Crippen molar-refractivity contribution in [2.75, 3.05) is 0 Å². The lowest BCUT2D eigenvalue weighted by atomic mass is 9.99. The maximum atomic E-state index is 12.1. The van der Waals surface area contributed by atoms with Crippen molar-refractivity contribution in [3.8, 4) is 0 Å². The van der Waals surface area contributed by atoms with E-state index in [-0.39, 0.29) is 12.3 Å². The SMILES string of the molecule is CC(=N)/C=C1/N=CC(c2cc(C)c3c(c2)c(C(C)=O)cn3CC(=O)O)=C[NH2+]1. The quantitative estimate of drug-likeness (QED) is 0.557. The average molecular weight is 365 g/mol. The minimum Gasteiger partial charge on any atom is -0.480 e. The molecule has 0 radical (unpaired) electrons. The van der Waals surface area contributed by atoms with Crippen LogP contribution in [0.15, 0.2) is 41.4 Å². The minimum absolute atomic E-state index is 0.106. The molecule has 7 heteroatoms. The van der Waals surface area contributed by atoms with Crippen molar-refractivity contribution in [1.29, 1.82) is 5.41 Å². The highest BCUT2D eigenvalue weighted by Crippen LogP contribution is 2.29. The lowest BCUT2D eigenvalue weighted by Crippen LogP contribution is -2.76. The van der Waals surface area contributed by atoms with Crippen LogP contribution >= 0.6 is 0 Å². The molecule has 0 bridgehead atoms. The number of aliphatic carboxylic acids is 1. The number of aryl methyl sites for hydroxylation is 1. The molecular weight excluding hydrogens is 344 g/mol. The number of aliphatic imine (C=N–C) groups is 1. The number of Topliss-reactive ketones (excluding diaryl/α,β-unsaturated/α-hetero) is 1. The summed E-state index contributed by atoms with van der Waals surface area (Å²) >= 11 is 0. The van der Waals surface area contributed by atoms with Gasteiger partial charge in [-0.2, -0.15) is 0 Å². The molecule has 1 aliphatic heterocycles. The molecule has 1 aliphatic rings. The molecule has 2 heterocycles. The van der Waals surface area contributed by atoms with Crippen LogP contribution in [-0.2, 0) is 11.3 Å². The van der Waals surface area contributed by atoms with E-state index in [1.54, 1.807) is 30.0 Å². The molecule has 0 unspecified atom stereocenters. The second kappa shape index (κ2) is 7.13. The molecule has 0 atom stereocenters. The van der Waals surface area contributed by atoms with E-state index >= 15 is 0 Å². The van der Waals surface area contributed by atoms with Gasteiger partial charge in [-0.05, 0) is 44.0 Å². The van der Waals surface area contributed by atoms with Gasteiger partial charge in [0.25, 0.3) is 0 Å². The zero-order valence-corrected chi connectivity index (χ0v) is 15.4. The molecule has 1 aromatic carbocycles. The van der Waals surface area contributed by atoms with Gasteiger partial charge in [-0.3, -0.25) is 14.9 Å². The van der Waals surface area contributed by atoms with Crippen molar-refractivity contribution in [2.45, 2.75) is 27.3 Å². The molecule has 0 aliphatic carbocycles. The number of ketones is 1. The third-order valence-electron chi connectivity index (χ3n) is 4.33. The van der Waals surface area contributed by atoms with Gasteiger partial charge in [-0.1, -0.05) is 0 Å². The highest BCUT2D eigenvalue weighted by atomic mass is 16.4. The fourth-order valence-corrected chi connectivity index (χ4v) is 3.26. The molecule has 0 amide bonds. The van der Waals surface area contributed by atoms with E-state index in [1.165, 1.54) is 6.92 Å². The maximum Gasteiger partial charge on any atom is 0.323 e. The van der Waals surface area contributed by atoms with Crippen molar-refractivity contribution < 1.29 is 20.0 Å². The van der Waals surface area contributed by atoms with E-state index in [9.17, 15) is 9.59 Å². The predicted octanol–water partition coefficient (Wildman–Crippen LogP) is 2.11. The van der Waals surface area contributed by atoms with Crippen LogP contribution in [-0.4, -0.2) is 33.4 Å². The number of hydrogen-bond donors (Lipinski definition) is 3. The minimum atomic E-state index is -0.956. The summed E-state index contributed by atoms with van der Waals surface area (Å²) in [6, 6.07) is 3.87. The van der Waals surface area contributed by atoms with Crippen LogP contribution in [0, 0.1) is 12.3 Å². The highest BCUT2D eigenvalue weighted by Gasteiger charge is 2.18. The zero-order valence-electron chi connectivity index (χ0n) is 15.4. The highest BCUT2D eigenvalue weighted by molar-refractivity contribution is 6.13. The summed E-state index contributed by atoms with van der Waals surface area (Å²) in [4.78, 5) is 27.6. The Morgan fingerprint density at radius 1 is 1.33 bits per heavy atom. The summed E-state index contributed by atoms with van der Waals surface area (Å²) in [5.41, 5.74) is 4.37. The average Bonchev–Trinajstić information content (AvgIpc) is 2.93. The number of hydrogen-bond acceptors (Lipinski definition) is 4. The van der Waals surface area contributed by atoms with Gasteiger partial charge in [0.2, 0.25) is 5.82 Å². The molecule has 7 nitrogen and oxygen atoms in total. The molecule has 0 fully saturated rings. The maximum absolute atomic E-state index is 12.1. The van der Waals surface area contributed by atoms with Crippen molar-refractivity contribution in [3.63, 3.8) is 0 Å². The summed E-state index contributed by atoms with van der Waals surface area (Å²) in [6.45, 7) is 4.88. The van der Waals surface area contributed by atoms with E-state index in [4.69, 9.17) is 10.5 Å². The number of carbonyl (C=O) groups is 2. The lowest BCUT2D eigenvalue weighted by molar-refractivity contribution is -0.535. The van der Waals surface area contributed by atoms with Gasteiger partial charge in [0.05, 0.1) is 11.1 Å². The lowest BCUT2D eigenvalue weighted by Gasteiger charge is -2.10. The smallest absolute Gasteiger partial charge is 0.323 e. The summed E-state index contributed by atoms with van der Waals surface area (Å²) < 4.78 is 1.61. The Labute approximate surface area is 156 Å². The van der Waals surface area contributed by atoms with Gasteiger partial charge in [-0.25, -0.2) is 4.99 Å². The number of allylic oxidation sites excluding steroid dienone is 2. The first kappa shape index (κ1) is 18.5. The molecule has 0 saturated carbocycles. The van der Waals surface area contributed by atoms with Gasteiger partial charge >= 0.3 is 5.97 Å². The van der Waals surface area contributed by atoms with Gasteiger partial charge in [0.15, 0.2) is 5.78 Å². The predicted molar refractivity (Wildman–Crippen MR) is 104 cm³/mol. The molecule has 1 aromatic heterocycles.